The molecule has 96 valence electrons. The van der Waals surface area contributed by atoms with Crippen LogP contribution in [-0.2, 0) is 6.54 Å². The van der Waals surface area contributed by atoms with Gasteiger partial charge in [0.2, 0.25) is 0 Å². The molecule has 0 aliphatic carbocycles. The standard InChI is InChI=1S/C13H13ClFNO2/c14-10-4-1-3-9(13(10)15)7-16-8-11(17)12-5-2-6-18-12/h1-6,11,16-17H,7-8H2. The topological polar surface area (TPSA) is 45.4 Å². The lowest BCUT2D eigenvalue weighted by molar-refractivity contribution is 0.147. The van der Waals surface area contributed by atoms with Crippen molar-refractivity contribution in [3.05, 3.63) is 58.8 Å². The molecule has 0 saturated carbocycles. The molecule has 0 amide bonds. The van der Waals surface area contributed by atoms with Crippen LogP contribution in [0.4, 0.5) is 4.39 Å². The van der Waals surface area contributed by atoms with Crippen LogP contribution in [-0.4, -0.2) is 11.7 Å². The summed E-state index contributed by atoms with van der Waals surface area (Å²) in [6.07, 6.45) is 0.747. The molecule has 1 atom stereocenters. The summed E-state index contributed by atoms with van der Waals surface area (Å²) in [6, 6.07) is 8.22. The Hall–Kier alpha value is -1.36. The smallest absolute Gasteiger partial charge is 0.146 e. The first-order valence-electron chi connectivity index (χ1n) is 5.53. The third kappa shape index (κ3) is 3.10. The third-order valence-electron chi connectivity index (χ3n) is 2.56. The molecule has 0 aliphatic heterocycles. The molecule has 0 radical (unpaired) electrons. The zero-order chi connectivity index (χ0) is 13.0. The fourth-order valence-corrected chi connectivity index (χ4v) is 1.80. The number of aliphatic hydroxyl groups is 1. The van der Waals surface area contributed by atoms with Crippen LogP contribution in [0.2, 0.25) is 5.02 Å². The van der Waals surface area contributed by atoms with Crippen LogP contribution in [0, 0.1) is 5.82 Å². The number of furan rings is 1. The molecule has 0 aliphatic rings. The average molecular weight is 270 g/mol. The lowest BCUT2D eigenvalue weighted by Gasteiger charge is -2.10. The maximum Gasteiger partial charge on any atom is 0.146 e. The van der Waals surface area contributed by atoms with Crippen LogP contribution in [0.25, 0.3) is 0 Å². The van der Waals surface area contributed by atoms with E-state index in [0.717, 1.165) is 0 Å². The van der Waals surface area contributed by atoms with E-state index in [4.69, 9.17) is 16.0 Å². The van der Waals surface area contributed by atoms with Crippen LogP contribution in [0.15, 0.2) is 41.0 Å². The second-order valence-corrected chi connectivity index (χ2v) is 4.28. The second-order valence-electron chi connectivity index (χ2n) is 3.88. The second kappa shape index (κ2) is 6.00. The van der Waals surface area contributed by atoms with E-state index in [1.807, 2.05) is 0 Å². The van der Waals surface area contributed by atoms with Crippen molar-refractivity contribution < 1.29 is 13.9 Å². The van der Waals surface area contributed by atoms with E-state index < -0.39 is 11.9 Å². The molecule has 1 aromatic heterocycles. The van der Waals surface area contributed by atoms with Gasteiger partial charge in [-0.1, -0.05) is 23.7 Å². The van der Waals surface area contributed by atoms with E-state index in [1.165, 1.54) is 12.3 Å². The Bertz CT molecular complexity index is 502. The summed E-state index contributed by atoms with van der Waals surface area (Å²) in [4.78, 5) is 0. The first kappa shape index (κ1) is 13.1. The minimum absolute atomic E-state index is 0.0980. The van der Waals surface area contributed by atoms with Gasteiger partial charge in [0.05, 0.1) is 11.3 Å². The molecule has 1 aromatic carbocycles. The van der Waals surface area contributed by atoms with Gasteiger partial charge in [0.25, 0.3) is 0 Å². The number of halogens is 2. The van der Waals surface area contributed by atoms with E-state index in [2.05, 4.69) is 5.32 Å². The molecule has 5 heteroatoms. The van der Waals surface area contributed by atoms with Gasteiger partial charge in [-0.25, -0.2) is 4.39 Å². The Morgan fingerprint density at radius 2 is 2.17 bits per heavy atom. The molecular formula is C13H13ClFNO2. The van der Waals surface area contributed by atoms with Crippen molar-refractivity contribution >= 4 is 11.6 Å². The highest BCUT2D eigenvalue weighted by Crippen LogP contribution is 2.18. The Labute approximate surface area is 109 Å². The van der Waals surface area contributed by atoms with Crippen molar-refractivity contribution in [1.29, 1.82) is 0 Å². The molecule has 1 unspecified atom stereocenters. The lowest BCUT2D eigenvalue weighted by atomic mass is 10.2. The maximum atomic E-state index is 13.5. The van der Waals surface area contributed by atoms with Gasteiger partial charge in [-0.2, -0.15) is 0 Å². The molecular weight excluding hydrogens is 257 g/mol. The molecule has 0 fully saturated rings. The molecule has 2 aromatic rings. The number of benzene rings is 1. The van der Waals surface area contributed by atoms with Crippen molar-refractivity contribution in [1.82, 2.24) is 5.32 Å². The number of hydrogen-bond donors (Lipinski definition) is 2. The van der Waals surface area contributed by atoms with Gasteiger partial charge in [0.1, 0.15) is 17.7 Å². The van der Waals surface area contributed by atoms with Crippen molar-refractivity contribution in [3.8, 4) is 0 Å². The van der Waals surface area contributed by atoms with Crippen LogP contribution in [0.3, 0.4) is 0 Å². The molecule has 2 rings (SSSR count). The Morgan fingerprint density at radius 1 is 1.33 bits per heavy atom. The van der Waals surface area contributed by atoms with Crippen molar-refractivity contribution in [3.63, 3.8) is 0 Å². The predicted molar refractivity (Wildman–Crippen MR) is 66.8 cm³/mol. The third-order valence-corrected chi connectivity index (χ3v) is 2.85. The van der Waals surface area contributed by atoms with Gasteiger partial charge < -0.3 is 14.8 Å². The normalized spacial score (nSPS) is 12.6. The number of aliphatic hydroxyl groups excluding tert-OH is 1. The molecule has 18 heavy (non-hydrogen) atoms. The van der Waals surface area contributed by atoms with Gasteiger partial charge in [0.15, 0.2) is 0 Å². The summed E-state index contributed by atoms with van der Waals surface area (Å²) in [5.41, 5.74) is 0.467. The highest BCUT2D eigenvalue weighted by molar-refractivity contribution is 6.30. The van der Waals surface area contributed by atoms with E-state index >= 15 is 0 Å². The molecule has 1 heterocycles. The molecule has 0 spiro atoms. The zero-order valence-electron chi connectivity index (χ0n) is 9.57. The van der Waals surface area contributed by atoms with Gasteiger partial charge in [-0.15, -0.1) is 0 Å². The summed E-state index contributed by atoms with van der Waals surface area (Å²) in [5.74, 6) is 0.0493. The molecule has 0 saturated heterocycles. The quantitative estimate of drug-likeness (QED) is 0.877. The molecule has 0 bridgehead atoms. The Kier molecular flexibility index (Phi) is 4.36. The summed E-state index contributed by atoms with van der Waals surface area (Å²) in [5, 5.41) is 12.8. The van der Waals surface area contributed by atoms with Crippen LogP contribution in [0.5, 0.6) is 0 Å². The minimum Gasteiger partial charge on any atom is -0.467 e. The van der Waals surface area contributed by atoms with Gasteiger partial charge >= 0.3 is 0 Å². The zero-order valence-corrected chi connectivity index (χ0v) is 10.3. The largest absolute Gasteiger partial charge is 0.467 e. The predicted octanol–water partition coefficient (Wildman–Crippen LogP) is 2.90. The fourth-order valence-electron chi connectivity index (χ4n) is 1.61. The van der Waals surface area contributed by atoms with Crippen molar-refractivity contribution in [2.24, 2.45) is 0 Å². The number of hydrogen-bond acceptors (Lipinski definition) is 3. The summed E-state index contributed by atoms with van der Waals surface area (Å²) in [7, 11) is 0. The van der Waals surface area contributed by atoms with Crippen LogP contribution in [0.1, 0.15) is 17.4 Å². The van der Waals surface area contributed by atoms with Crippen molar-refractivity contribution in [2.75, 3.05) is 6.54 Å². The van der Waals surface area contributed by atoms with E-state index in [0.29, 0.717) is 17.9 Å². The van der Waals surface area contributed by atoms with Gasteiger partial charge in [-0.05, 0) is 18.2 Å². The SMILES string of the molecule is OC(CNCc1cccc(Cl)c1F)c1ccco1. The van der Waals surface area contributed by atoms with Crippen LogP contribution < -0.4 is 5.32 Å². The van der Waals surface area contributed by atoms with Crippen LogP contribution >= 0.6 is 11.6 Å². The molecule has 2 N–H and O–H groups in total. The van der Waals surface area contributed by atoms with E-state index in [-0.39, 0.29) is 11.6 Å². The first-order valence-corrected chi connectivity index (χ1v) is 5.91. The monoisotopic (exact) mass is 269 g/mol. The summed E-state index contributed by atoms with van der Waals surface area (Å²) >= 11 is 5.67. The highest BCUT2D eigenvalue weighted by atomic mass is 35.5. The number of rotatable bonds is 5. The summed E-state index contributed by atoms with van der Waals surface area (Å²) < 4.78 is 18.6. The maximum absolute atomic E-state index is 13.5. The average Bonchev–Trinajstić information content (AvgIpc) is 2.88. The highest BCUT2D eigenvalue weighted by Gasteiger charge is 2.10. The fraction of sp³-hybridized carbons (Fsp3) is 0.231. The van der Waals surface area contributed by atoms with E-state index in [1.54, 1.807) is 24.3 Å². The Morgan fingerprint density at radius 3 is 2.89 bits per heavy atom. The lowest BCUT2D eigenvalue weighted by Crippen LogP contribution is -2.21. The van der Waals surface area contributed by atoms with E-state index in [9.17, 15) is 9.50 Å². The number of nitrogens with one attached hydrogen (secondary N) is 1. The summed E-state index contributed by atoms with van der Waals surface area (Å²) in [6.45, 7) is 0.573. The molecule has 3 nitrogen and oxygen atoms in total. The Balaban J connectivity index is 1.87. The van der Waals surface area contributed by atoms with Crippen molar-refractivity contribution in [2.45, 2.75) is 12.6 Å². The van der Waals surface area contributed by atoms with Gasteiger partial charge in [0, 0.05) is 18.7 Å². The van der Waals surface area contributed by atoms with Gasteiger partial charge in [-0.3, -0.25) is 0 Å². The minimum atomic E-state index is -0.748. The first-order chi connectivity index (χ1) is 8.68.